The van der Waals surface area contributed by atoms with Crippen molar-refractivity contribution in [1.82, 2.24) is 4.90 Å². The molecule has 2 heterocycles. The zero-order chi connectivity index (χ0) is 23.7. The standard InChI is InChI=1S/C26H19NO7/c28-21(17-7-9-22-23(13-17)33-11-10-32-22)15-34-26(31)18-6-8-19-20(12-18)25(30)27(24(19)29)14-16-4-2-1-3-5-16/h1-9,12-13H,10-11,14-15H2. The minimum Gasteiger partial charge on any atom is -0.486 e. The van der Waals surface area contributed by atoms with E-state index in [1.807, 2.05) is 30.3 Å². The van der Waals surface area contributed by atoms with Crippen molar-refractivity contribution in [3.63, 3.8) is 0 Å². The molecule has 8 nitrogen and oxygen atoms in total. The summed E-state index contributed by atoms with van der Waals surface area (Å²) >= 11 is 0. The number of imide groups is 1. The fourth-order valence-corrected chi connectivity index (χ4v) is 3.84. The number of carbonyl (C=O) groups excluding carboxylic acids is 4. The van der Waals surface area contributed by atoms with Crippen LogP contribution in [-0.2, 0) is 11.3 Å². The SMILES string of the molecule is O=C(COC(=O)c1ccc2c(c1)C(=O)N(Cc1ccccc1)C2=O)c1ccc2c(c1)OCCO2. The van der Waals surface area contributed by atoms with Gasteiger partial charge < -0.3 is 14.2 Å². The van der Waals surface area contributed by atoms with Crippen LogP contribution < -0.4 is 9.47 Å². The van der Waals surface area contributed by atoms with E-state index in [4.69, 9.17) is 14.2 Å². The maximum absolute atomic E-state index is 12.8. The summed E-state index contributed by atoms with van der Waals surface area (Å²) in [5.41, 5.74) is 1.58. The van der Waals surface area contributed by atoms with Crippen molar-refractivity contribution >= 4 is 23.6 Å². The Morgan fingerprint density at radius 2 is 1.50 bits per heavy atom. The first-order valence-electron chi connectivity index (χ1n) is 10.7. The lowest BCUT2D eigenvalue weighted by Gasteiger charge is -2.18. The van der Waals surface area contributed by atoms with Crippen molar-refractivity contribution in [2.24, 2.45) is 0 Å². The van der Waals surface area contributed by atoms with Crippen molar-refractivity contribution in [3.05, 3.63) is 94.5 Å². The number of Topliss-reactive ketones (excluding diaryl/α,β-unsaturated/α-hetero) is 1. The normalized spacial score (nSPS) is 14.1. The first-order valence-corrected chi connectivity index (χ1v) is 10.7. The zero-order valence-electron chi connectivity index (χ0n) is 18.0. The third-order valence-corrected chi connectivity index (χ3v) is 5.59. The summed E-state index contributed by atoms with van der Waals surface area (Å²) in [6, 6.07) is 18.1. The lowest BCUT2D eigenvalue weighted by Crippen LogP contribution is -2.29. The van der Waals surface area contributed by atoms with Gasteiger partial charge in [0.2, 0.25) is 0 Å². The number of ketones is 1. The number of fused-ring (bicyclic) bond motifs is 2. The van der Waals surface area contributed by atoms with E-state index < -0.39 is 30.2 Å². The summed E-state index contributed by atoms with van der Waals surface area (Å²) in [5.74, 6) is -1.06. The summed E-state index contributed by atoms with van der Waals surface area (Å²) in [4.78, 5) is 51.7. The van der Waals surface area contributed by atoms with Gasteiger partial charge in [-0.25, -0.2) is 4.79 Å². The average molecular weight is 457 g/mol. The molecule has 0 radical (unpaired) electrons. The number of esters is 1. The Kier molecular flexibility index (Phi) is 5.55. The van der Waals surface area contributed by atoms with Gasteiger partial charge in [-0.15, -0.1) is 0 Å². The molecule has 0 fully saturated rings. The average Bonchev–Trinajstić information content (AvgIpc) is 3.11. The fourth-order valence-electron chi connectivity index (χ4n) is 3.84. The topological polar surface area (TPSA) is 99.2 Å². The number of nitrogens with zero attached hydrogens (tertiary/aromatic N) is 1. The van der Waals surface area contributed by atoms with E-state index in [2.05, 4.69) is 0 Å². The van der Waals surface area contributed by atoms with Crippen molar-refractivity contribution in [2.45, 2.75) is 6.54 Å². The van der Waals surface area contributed by atoms with E-state index >= 15 is 0 Å². The van der Waals surface area contributed by atoms with Gasteiger partial charge in [0, 0.05) is 5.56 Å². The summed E-state index contributed by atoms with van der Waals surface area (Å²) in [6.07, 6.45) is 0. The molecule has 8 heteroatoms. The fraction of sp³-hybridized carbons (Fsp3) is 0.154. The number of ether oxygens (including phenoxy) is 3. The molecular formula is C26H19NO7. The van der Waals surface area contributed by atoms with Crippen LogP contribution in [0.4, 0.5) is 0 Å². The van der Waals surface area contributed by atoms with Crippen LogP contribution in [0.1, 0.15) is 47.0 Å². The summed E-state index contributed by atoms with van der Waals surface area (Å²) < 4.78 is 16.1. The third-order valence-electron chi connectivity index (χ3n) is 5.59. The van der Waals surface area contributed by atoms with Gasteiger partial charge in [0.05, 0.1) is 23.2 Å². The largest absolute Gasteiger partial charge is 0.486 e. The van der Waals surface area contributed by atoms with Gasteiger partial charge in [-0.05, 0) is 42.0 Å². The minimum absolute atomic E-state index is 0.0800. The maximum atomic E-state index is 12.8. The molecule has 0 bridgehead atoms. The summed E-state index contributed by atoms with van der Waals surface area (Å²) in [6.45, 7) is 0.484. The first-order chi connectivity index (χ1) is 16.5. The quantitative estimate of drug-likeness (QED) is 0.318. The number of carbonyl (C=O) groups is 4. The number of hydrogen-bond acceptors (Lipinski definition) is 7. The monoisotopic (exact) mass is 457 g/mol. The third kappa shape index (κ3) is 4.01. The highest BCUT2D eigenvalue weighted by molar-refractivity contribution is 6.21. The van der Waals surface area contributed by atoms with Gasteiger partial charge in [0.1, 0.15) is 13.2 Å². The van der Waals surface area contributed by atoms with Crippen molar-refractivity contribution in [2.75, 3.05) is 19.8 Å². The van der Waals surface area contributed by atoms with Crippen molar-refractivity contribution in [1.29, 1.82) is 0 Å². The van der Waals surface area contributed by atoms with Gasteiger partial charge >= 0.3 is 5.97 Å². The predicted octanol–water partition coefficient (Wildman–Crippen LogP) is 3.29. The second-order valence-electron chi connectivity index (χ2n) is 7.80. The Labute approximate surface area is 194 Å². The lowest BCUT2D eigenvalue weighted by molar-refractivity contribution is 0.0474. The lowest BCUT2D eigenvalue weighted by atomic mass is 10.1. The Balaban J connectivity index is 1.26. The molecule has 2 aliphatic heterocycles. The predicted molar refractivity (Wildman–Crippen MR) is 119 cm³/mol. The summed E-state index contributed by atoms with van der Waals surface area (Å²) in [5, 5.41) is 0. The molecule has 0 saturated carbocycles. The first kappa shape index (κ1) is 21.4. The van der Waals surface area contributed by atoms with Gasteiger partial charge in [0.25, 0.3) is 11.8 Å². The molecule has 3 aromatic rings. The minimum atomic E-state index is -0.768. The molecule has 0 aromatic heterocycles. The van der Waals surface area contributed by atoms with E-state index in [9.17, 15) is 19.2 Å². The molecule has 0 N–H and O–H groups in total. The van der Waals surface area contributed by atoms with E-state index in [1.54, 1.807) is 18.2 Å². The highest BCUT2D eigenvalue weighted by atomic mass is 16.6. The second-order valence-corrected chi connectivity index (χ2v) is 7.80. The van der Waals surface area contributed by atoms with Crippen molar-refractivity contribution in [3.8, 4) is 11.5 Å². The second kappa shape index (κ2) is 8.82. The van der Waals surface area contributed by atoms with Crippen LogP contribution in [0, 0.1) is 0 Å². The van der Waals surface area contributed by atoms with Gasteiger partial charge in [0.15, 0.2) is 23.9 Å². The molecule has 170 valence electrons. The summed E-state index contributed by atoms with van der Waals surface area (Å²) in [7, 11) is 0. The molecule has 0 unspecified atom stereocenters. The molecule has 0 spiro atoms. The van der Waals surface area contributed by atoms with Crippen LogP contribution in [0.5, 0.6) is 11.5 Å². The highest BCUT2D eigenvalue weighted by Crippen LogP contribution is 2.31. The molecule has 2 amide bonds. The van der Waals surface area contributed by atoms with E-state index in [1.165, 1.54) is 18.2 Å². The van der Waals surface area contributed by atoms with Gasteiger partial charge in [-0.2, -0.15) is 0 Å². The molecule has 2 aliphatic rings. The number of rotatable bonds is 6. The smallest absolute Gasteiger partial charge is 0.338 e. The van der Waals surface area contributed by atoms with Crippen LogP contribution in [0.15, 0.2) is 66.7 Å². The number of amides is 2. The van der Waals surface area contributed by atoms with Crippen LogP contribution in [0.25, 0.3) is 0 Å². The molecule has 0 aliphatic carbocycles. The van der Waals surface area contributed by atoms with E-state index in [-0.39, 0.29) is 23.2 Å². The Morgan fingerprint density at radius 1 is 0.794 bits per heavy atom. The molecule has 0 atom stereocenters. The van der Waals surface area contributed by atoms with Crippen LogP contribution in [-0.4, -0.2) is 48.3 Å². The van der Waals surface area contributed by atoms with Crippen LogP contribution in [0.3, 0.4) is 0 Å². The van der Waals surface area contributed by atoms with E-state index in [0.29, 0.717) is 30.3 Å². The maximum Gasteiger partial charge on any atom is 0.338 e. The molecule has 3 aromatic carbocycles. The zero-order valence-corrected chi connectivity index (χ0v) is 18.0. The molecule has 5 rings (SSSR count). The molecular weight excluding hydrogens is 438 g/mol. The Bertz CT molecular complexity index is 1320. The van der Waals surface area contributed by atoms with Crippen LogP contribution in [0.2, 0.25) is 0 Å². The molecule has 34 heavy (non-hydrogen) atoms. The van der Waals surface area contributed by atoms with Crippen molar-refractivity contribution < 1.29 is 33.4 Å². The number of hydrogen-bond donors (Lipinski definition) is 0. The molecule has 0 saturated heterocycles. The van der Waals surface area contributed by atoms with Gasteiger partial charge in [-0.3, -0.25) is 19.3 Å². The van der Waals surface area contributed by atoms with Crippen LogP contribution >= 0.6 is 0 Å². The number of benzene rings is 3. The Morgan fingerprint density at radius 3 is 2.29 bits per heavy atom. The van der Waals surface area contributed by atoms with Gasteiger partial charge in [-0.1, -0.05) is 30.3 Å². The van der Waals surface area contributed by atoms with E-state index in [0.717, 1.165) is 10.5 Å². The Hall–Kier alpha value is -4.46. The highest BCUT2D eigenvalue weighted by Gasteiger charge is 2.36.